The summed E-state index contributed by atoms with van der Waals surface area (Å²) in [5.74, 6) is -0.0417. The number of hydrogen-bond donors (Lipinski definition) is 3. The number of aliphatic hydroxyl groups is 1. The lowest BCUT2D eigenvalue weighted by Crippen LogP contribution is -2.36. The van der Waals surface area contributed by atoms with Crippen molar-refractivity contribution < 1.29 is 5.11 Å². The minimum Gasteiger partial charge on any atom is -0.390 e. The lowest BCUT2D eigenvalue weighted by molar-refractivity contribution is 0.0395. The van der Waals surface area contributed by atoms with E-state index in [-0.39, 0.29) is 11.5 Å². The molecular weight excluding hydrogens is 228 g/mol. The van der Waals surface area contributed by atoms with Crippen LogP contribution < -0.4 is 5.56 Å². The van der Waals surface area contributed by atoms with Gasteiger partial charge in [-0.25, -0.2) is 0 Å². The number of aromatic nitrogens is 2. The Kier molecular flexibility index (Phi) is 2.41. The first-order valence-electron chi connectivity index (χ1n) is 6.13. The van der Waals surface area contributed by atoms with E-state index in [2.05, 4.69) is 10.2 Å². The van der Waals surface area contributed by atoms with E-state index in [9.17, 15) is 9.90 Å². The summed E-state index contributed by atoms with van der Waals surface area (Å²) in [5, 5.41) is 15.8. The molecule has 0 saturated heterocycles. The molecule has 18 heavy (non-hydrogen) atoms. The Morgan fingerprint density at radius 1 is 1.28 bits per heavy atom. The van der Waals surface area contributed by atoms with Crippen molar-refractivity contribution in [1.29, 1.82) is 0 Å². The molecule has 0 amide bonds. The van der Waals surface area contributed by atoms with Gasteiger partial charge in [0.2, 0.25) is 0 Å². The molecule has 0 unspecified atom stereocenters. The minimum absolute atomic E-state index is 0.0417. The van der Waals surface area contributed by atoms with Crippen molar-refractivity contribution in [2.24, 2.45) is 0 Å². The van der Waals surface area contributed by atoms with Gasteiger partial charge in [-0.3, -0.25) is 9.89 Å². The van der Waals surface area contributed by atoms with E-state index in [1.54, 1.807) is 0 Å². The van der Waals surface area contributed by atoms with Crippen LogP contribution in [0.5, 0.6) is 0 Å². The molecule has 4 heteroatoms. The Morgan fingerprint density at radius 3 is 2.72 bits per heavy atom. The Morgan fingerprint density at radius 2 is 2.00 bits per heavy atom. The maximum Gasteiger partial charge on any atom is 0.267 e. The zero-order valence-electron chi connectivity index (χ0n) is 10.2. The van der Waals surface area contributed by atoms with Crippen molar-refractivity contribution in [1.82, 2.24) is 10.2 Å². The highest BCUT2D eigenvalue weighted by molar-refractivity contribution is 5.37. The van der Waals surface area contributed by atoms with Crippen LogP contribution in [0.25, 0.3) is 0 Å². The Labute approximate surface area is 105 Å². The van der Waals surface area contributed by atoms with Gasteiger partial charge in [-0.1, -0.05) is 30.3 Å². The van der Waals surface area contributed by atoms with E-state index in [0.29, 0.717) is 12.8 Å². The molecule has 4 nitrogen and oxygen atoms in total. The molecule has 1 aromatic heterocycles. The third-order valence-electron chi connectivity index (χ3n) is 3.65. The Bertz CT molecular complexity index is 610. The fourth-order valence-electron chi connectivity index (χ4n) is 2.88. The molecule has 1 aliphatic carbocycles. The second kappa shape index (κ2) is 3.85. The standard InChI is InChI=1S/C14H16N2O2/c1-14(18)7-10(9-5-3-2-4-6-9)12-11(8-14)15-16-13(12)17/h2-6,10,18H,7-8H2,1H3,(H2,15,16,17)/t10-,14-/m1/s1. The van der Waals surface area contributed by atoms with Crippen LogP contribution in [0.4, 0.5) is 0 Å². The third-order valence-corrected chi connectivity index (χ3v) is 3.65. The summed E-state index contributed by atoms with van der Waals surface area (Å²) in [7, 11) is 0. The second-order valence-electron chi connectivity index (χ2n) is 5.31. The first-order chi connectivity index (χ1) is 8.57. The lowest BCUT2D eigenvalue weighted by atomic mass is 9.75. The number of rotatable bonds is 1. The Balaban J connectivity index is 2.15. The average molecular weight is 244 g/mol. The Hall–Kier alpha value is -1.81. The molecule has 1 heterocycles. The van der Waals surface area contributed by atoms with Gasteiger partial charge >= 0.3 is 0 Å². The third kappa shape index (κ3) is 1.78. The molecule has 0 bridgehead atoms. The summed E-state index contributed by atoms with van der Waals surface area (Å²) >= 11 is 0. The number of aromatic amines is 2. The molecule has 1 aliphatic rings. The van der Waals surface area contributed by atoms with Gasteiger partial charge in [0.15, 0.2) is 0 Å². The van der Waals surface area contributed by atoms with Gasteiger partial charge < -0.3 is 10.2 Å². The van der Waals surface area contributed by atoms with Crippen LogP contribution in [0.2, 0.25) is 0 Å². The smallest absolute Gasteiger partial charge is 0.267 e. The monoisotopic (exact) mass is 244 g/mol. The van der Waals surface area contributed by atoms with Crippen LogP contribution in [0.1, 0.15) is 36.1 Å². The molecule has 0 aliphatic heterocycles. The van der Waals surface area contributed by atoms with E-state index in [1.807, 2.05) is 37.3 Å². The van der Waals surface area contributed by atoms with Gasteiger partial charge in [-0.15, -0.1) is 0 Å². The molecule has 3 rings (SSSR count). The van der Waals surface area contributed by atoms with E-state index in [4.69, 9.17) is 0 Å². The molecule has 3 N–H and O–H groups in total. The fraction of sp³-hybridized carbons (Fsp3) is 0.357. The van der Waals surface area contributed by atoms with Gasteiger partial charge in [0.25, 0.3) is 5.56 Å². The van der Waals surface area contributed by atoms with Crippen LogP contribution >= 0.6 is 0 Å². The van der Waals surface area contributed by atoms with Crippen molar-refractivity contribution in [2.75, 3.05) is 0 Å². The van der Waals surface area contributed by atoms with Crippen LogP contribution in [0.15, 0.2) is 35.1 Å². The molecule has 94 valence electrons. The summed E-state index contributed by atoms with van der Waals surface area (Å²) < 4.78 is 0. The fourth-order valence-corrected chi connectivity index (χ4v) is 2.88. The van der Waals surface area contributed by atoms with Crippen molar-refractivity contribution >= 4 is 0 Å². The highest BCUT2D eigenvalue weighted by Gasteiger charge is 2.37. The zero-order valence-corrected chi connectivity index (χ0v) is 10.2. The SMILES string of the molecule is C[C@]1(O)Cc2[nH][nH]c(=O)c2[C@@H](c2ccccc2)C1. The molecule has 0 spiro atoms. The van der Waals surface area contributed by atoms with E-state index in [0.717, 1.165) is 16.8 Å². The van der Waals surface area contributed by atoms with Crippen LogP contribution in [0.3, 0.4) is 0 Å². The van der Waals surface area contributed by atoms with E-state index in [1.165, 1.54) is 0 Å². The van der Waals surface area contributed by atoms with E-state index < -0.39 is 5.60 Å². The highest BCUT2D eigenvalue weighted by Crippen LogP contribution is 2.38. The number of fused-ring (bicyclic) bond motifs is 1. The number of benzene rings is 1. The van der Waals surface area contributed by atoms with Gasteiger partial charge in [-0.05, 0) is 18.9 Å². The molecule has 0 radical (unpaired) electrons. The molecular formula is C14H16N2O2. The highest BCUT2D eigenvalue weighted by atomic mass is 16.3. The van der Waals surface area contributed by atoms with Gasteiger partial charge in [0.1, 0.15) is 0 Å². The number of H-pyrrole nitrogens is 2. The van der Waals surface area contributed by atoms with Crippen molar-refractivity contribution in [3.63, 3.8) is 0 Å². The quantitative estimate of drug-likeness (QED) is 0.712. The molecule has 0 fully saturated rings. The normalized spacial score (nSPS) is 26.9. The predicted molar refractivity (Wildman–Crippen MR) is 68.6 cm³/mol. The van der Waals surface area contributed by atoms with Gasteiger partial charge in [0, 0.05) is 23.6 Å². The number of hydrogen-bond acceptors (Lipinski definition) is 2. The topological polar surface area (TPSA) is 68.9 Å². The van der Waals surface area contributed by atoms with E-state index >= 15 is 0 Å². The van der Waals surface area contributed by atoms with Crippen molar-refractivity contribution in [2.45, 2.75) is 31.3 Å². The molecule has 1 aromatic carbocycles. The van der Waals surface area contributed by atoms with Gasteiger partial charge in [0.05, 0.1) is 5.60 Å². The first kappa shape index (κ1) is 11.3. The summed E-state index contributed by atoms with van der Waals surface area (Å²) in [6.07, 6.45) is 1.06. The maximum absolute atomic E-state index is 11.9. The number of nitrogens with one attached hydrogen (secondary N) is 2. The van der Waals surface area contributed by atoms with Crippen LogP contribution in [-0.4, -0.2) is 20.9 Å². The van der Waals surface area contributed by atoms with Crippen molar-refractivity contribution in [3.05, 3.63) is 57.5 Å². The minimum atomic E-state index is -0.779. The van der Waals surface area contributed by atoms with Crippen LogP contribution in [0, 0.1) is 0 Å². The predicted octanol–water partition coefficient (Wildman–Crippen LogP) is 1.53. The maximum atomic E-state index is 11.9. The lowest BCUT2D eigenvalue weighted by Gasteiger charge is -2.33. The zero-order chi connectivity index (χ0) is 12.8. The summed E-state index contributed by atoms with van der Waals surface area (Å²) in [5.41, 5.74) is 1.81. The molecule has 2 atom stereocenters. The summed E-state index contributed by atoms with van der Waals surface area (Å²) in [4.78, 5) is 11.9. The first-order valence-corrected chi connectivity index (χ1v) is 6.13. The molecule has 2 aromatic rings. The second-order valence-corrected chi connectivity index (χ2v) is 5.31. The largest absolute Gasteiger partial charge is 0.390 e. The van der Waals surface area contributed by atoms with Crippen LogP contribution in [-0.2, 0) is 6.42 Å². The van der Waals surface area contributed by atoms with Crippen molar-refractivity contribution in [3.8, 4) is 0 Å². The van der Waals surface area contributed by atoms with Gasteiger partial charge in [-0.2, -0.15) is 0 Å². The summed E-state index contributed by atoms with van der Waals surface area (Å²) in [6.45, 7) is 1.82. The molecule has 0 saturated carbocycles. The average Bonchev–Trinajstić information content (AvgIpc) is 2.69. The summed E-state index contributed by atoms with van der Waals surface area (Å²) in [6, 6.07) is 9.87.